The van der Waals surface area contributed by atoms with Gasteiger partial charge in [-0.25, -0.2) is 0 Å². The van der Waals surface area contributed by atoms with Gasteiger partial charge in [0.15, 0.2) is 0 Å². The van der Waals surface area contributed by atoms with Crippen LogP contribution in [0.1, 0.15) is 17.0 Å². The van der Waals surface area contributed by atoms with Crippen molar-refractivity contribution >= 4 is 35.6 Å². The molecule has 2 aromatic carbocycles. The van der Waals surface area contributed by atoms with E-state index in [1.807, 2.05) is 18.2 Å². The Morgan fingerprint density at radius 3 is 2.62 bits per heavy atom. The summed E-state index contributed by atoms with van der Waals surface area (Å²) in [6, 6.07) is 13.8. The Morgan fingerprint density at radius 1 is 1.10 bits per heavy atom. The standard InChI is InChI=1S/C16H15Cl2NO.ClH/c17-14-6-5-11(8-15(14)18)20-9-13-12-4-2-1-3-10(12)7-16(13)19;/h1-6,8,13,16H,7,9,19H2;1H/t13-,16+;/m0./s1. The van der Waals surface area contributed by atoms with Crippen LogP contribution in [0.5, 0.6) is 5.75 Å². The zero-order chi connectivity index (χ0) is 14.1. The molecule has 1 aliphatic carbocycles. The van der Waals surface area contributed by atoms with E-state index in [0.717, 1.165) is 12.2 Å². The normalized spacial score (nSPS) is 19.8. The van der Waals surface area contributed by atoms with Crippen molar-refractivity contribution in [2.45, 2.75) is 18.4 Å². The molecule has 1 aliphatic rings. The SMILES string of the molecule is Cl.N[C@@H]1Cc2ccccc2[C@@H]1COc1ccc(Cl)c(Cl)c1. The topological polar surface area (TPSA) is 35.2 Å². The molecule has 0 saturated heterocycles. The second kappa shape index (κ2) is 6.89. The molecule has 0 aromatic heterocycles. The molecule has 0 unspecified atom stereocenters. The number of rotatable bonds is 3. The fourth-order valence-corrected chi connectivity index (χ4v) is 2.96. The molecule has 5 heteroatoms. The molecule has 0 aliphatic heterocycles. The molecule has 2 N–H and O–H groups in total. The fourth-order valence-electron chi connectivity index (χ4n) is 2.67. The first-order valence-electron chi connectivity index (χ1n) is 6.56. The van der Waals surface area contributed by atoms with E-state index in [9.17, 15) is 0 Å². The summed E-state index contributed by atoms with van der Waals surface area (Å²) in [6.07, 6.45) is 0.908. The van der Waals surface area contributed by atoms with Crippen LogP contribution >= 0.6 is 35.6 Å². The van der Waals surface area contributed by atoms with Crippen molar-refractivity contribution in [3.8, 4) is 5.75 Å². The summed E-state index contributed by atoms with van der Waals surface area (Å²) in [4.78, 5) is 0. The summed E-state index contributed by atoms with van der Waals surface area (Å²) < 4.78 is 5.83. The van der Waals surface area contributed by atoms with Crippen molar-refractivity contribution in [2.75, 3.05) is 6.61 Å². The number of hydrogen-bond donors (Lipinski definition) is 1. The van der Waals surface area contributed by atoms with Crippen molar-refractivity contribution in [1.82, 2.24) is 0 Å². The average Bonchev–Trinajstić information content (AvgIpc) is 2.76. The minimum atomic E-state index is 0. The lowest BCUT2D eigenvalue weighted by Crippen LogP contribution is -2.28. The lowest BCUT2D eigenvalue weighted by atomic mass is 10.00. The Labute approximate surface area is 140 Å². The van der Waals surface area contributed by atoms with Crippen LogP contribution in [0.15, 0.2) is 42.5 Å². The van der Waals surface area contributed by atoms with Crippen LogP contribution in [0, 0.1) is 0 Å². The Balaban J connectivity index is 0.00000161. The van der Waals surface area contributed by atoms with Crippen molar-refractivity contribution < 1.29 is 4.74 Å². The van der Waals surface area contributed by atoms with Crippen LogP contribution < -0.4 is 10.5 Å². The first-order valence-corrected chi connectivity index (χ1v) is 7.32. The maximum Gasteiger partial charge on any atom is 0.120 e. The molecule has 0 fully saturated rings. The van der Waals surface area contributed by atoms with Gasteiger partial charge in [0, 0.05) is 18.0 Å². The first kappa shape index (κ1) is 16.4. The molecule has 2 nitrogen and oxygen atoms in total. The quantitative estimate of drug-likeness (QED) is 0.892. The van der Waals surface area contributed by atoms with Gasteiger partial charge < -0.3 is 10.5 Å². The fraction of sp³-hybridized carbons (Fsp3) is 0.250. The van der Waals surface area contributed by atoms with Gasteiger partial charge in [0.1, 0.15) is 5.75 Å². The molecule has 2 aromatic rings. The number of benzene rings is 2. The summed E-state index contributed by atoms with van der Waals surface area (Å²) in [5.74, 6) is 0.941. The average molecular weight is 345 g/mol. The third-order valence-corrected chi connectivity index (χ3v) is 4.49. The lowest BCUT2D eigenvalue weighted by molar-refractivity contribution is 0.277. The Bertz CT molecular complexity index is 633. The molecule has 0 heterocycles. The van der Waals surface area contributed by atoms with E-state index in [1.54, 1.807) is 12.1 Å². The Morgan fingerprint density at radius 2 is 1.86 bits per heavy atom. The van der Waals surface area contributed by atoms with Crippen LogP contribution in [0.2, 0.25) is 10.0 Å². The van der Waals surface area contributed by atoms with Crippen molar-refractivity contribution in [3.63, 3.8) is 0 Å². The highest BCUT2D eigenvalue weighted by atomic mass is 35.5. The van der Waals surface area contributed by atoms with Gasteiger partial charge in [-0.15, -0.1) is 12.4 Å². The first-order chi connectivity index (χ1) is 9.65. The van der Waals surface area contributed by atoms with Gasteiger partial charge in [-0.1, -0.05) is 47.5 Å². The number of ether oxygens (including phenoxy) is 1. The number of fused-ring (bicyclic) bond motifs is 1. The van der Waals surface area contributed by atoms with E-state index >= 15 is 0 Å². The predicted octanol–water partition coefficient (Wildman–Crippen LogP) is 4.46. The van der Waals surface area contributed by atoms with Gasteiger partial charge in [0.25, 0.3) is 0 Å². The van der Waals surface area contributed by atoms with Gasteiger partial charge in [0.05, 0.1) is 16.7 Å². The summed E-state index contributed by atoms with van der Waals surface area (Å²) in [6.45, 7) is 0.552. The van der Waals surface area contributed by atoms with Gasteiger partial charge >= 0.3 is 0 Å². The molecule has 0 saturated carbocycles. The smallest absolute Gasteiger partial charge is 0.120 e. The molecule has 21 heavy (non-hydrogen) atoms. The van der Waals surface area contributed by atoms with E-state index in [4.69, 9.17) is 33.7 Å². The minimum Gasteiger partial charge on any atom is -0.493 e. The van der Waals surface area contributed by atoms with E-state index in [-0.39, 0.29) is 24.4 Å². The molecular formula is C16H16Cl3NO. The Hall–Kier alpha value is -0.930. The molecule has 2 atom stereocenters. The largest absolute Gasteiger partial charge is 0.493 e. The molecule has 0 amide bonds. The third-order valence-electron chi connectivity index (χ3n) is 3.75. The third kappa shape index (κ3) is 3.46. The molecule has 0 radical (unpaired) electrons. The highest BCUT2D eigenvalue weighted by Crippen LogP contribution is 2.33. The van der Waals surface area contributed by atoms with Crippen molar-refractivity contribution in [3.05, 3.63) is 63.6 Å². The Kier molecular flexibility index (Phi) is 5.39. The van der Waals surface area contributed by atoms with Crippen LogP contribution in [0.4, 0.5) is 0 Å². The highest BCUT2D eigenvalue weighted by molar-refractivity contribution is 6.42. The van der Waals surface area contributed by atoms with Crippen LogP contribution in [-0.2, 0) is 6.42 Å². The second-order valence-electron chi connectivity index (χ2n) is 5.06. The van der Waals surface area contributed by atoms with Crippen molar-refractivity contribution in [1.29, 1.82) is 0 Å². The molecular weight excluding hydrogens is 329 g/mol. The lowest BCUT2D eigenvalue weighted by Gasteiger charge is -2.17. The van der Waals surface area contributed by atoms with Gasteiger partial charge in [-0.05, 0) is 29.7 Å². The molecule has 112 valence electrons. The zero-order valence-corrected chi connectivity index (χ0v) is 13.6. The van der Waals surface area contributed by atoms with Crippen LogP contribution in [0.25, 0.3) is 0 Å². The second-order valence-corrected chi connectivity index (χ2v) is 5.87. The van der Waals surface area contributed by atoms with Gasteiger partial charge in [-0.2, -0.15) is 0 Å². The summed E-state index contributed by atoms with van der Waals surface area (Å²) in [5.41, 5.74) is 8.83. The monoisotopic (exact) mass is 343 g/mol. The summed E-state index contributed by atoms with van der Waals surface area (Å²) in [5, 5.41) is 1.03. The predicted molar refractivity (Wildman–Crippen MR) is 90.1 cm³/mol. The maximum atomic E-state index is 6.22. The number of halogens is 3. The molecule has 0 spiro atoms. The summed E-state index contributed by atoms with van der Waals surface area (Å²) >= 11 is 11.9. The molecule has 3 rings (SSSR count). The summed E-state index contributed by atoms with van der Waals surface area (Å²) in [7, 11) is 0. The number of nitrogens with two attached hydrogens (primary N) is 1. The van der Waals surface area contributed by atoms with E-state index < -0.39 is 0 Å². The maximum absolute atomic E-state index is 6.22. The minimum absolute atomic E-state index is 0. The van der Waals surface area contributed by atoms with Crippen molar-refractivity contribution in [2.24, 2.45) is 5.73 Å². The van der Waals surface area contributed by atoms with E-state index in [1.165, 1.54) is 11.1 Å². The van der Waals surface area contributed by atoms with E-state index in [2.05, 4.69) is 12.1 Å². The zero-order valence-electron chi connectivity index (χ0n) is 11.3. The van der Waals surface area contributed by atoms with Gasteiger partial charge in [0.2, 0.25) is 0 Å². The van der Waals surface area contributed by atoms with Gasteiger partial charge in [-0.3, -0.25) is 0 Å². The van der Waals surface area contributed by atoms with Crippen LogP contribution in [0.3, 0.4) is 0 Å². The van der Waals surface area contributed by atoms with E-state index in [0.29, 0.717) is 16.7 Å². The van der Waals surface area contributed by atoms with Crippen LogP contribution in [-0.4, -0.2) is 12.6 Å². The molecule has 0 bridgehead atoms. The highest BCUT2D eigenvalue weighted by Gasteiger charge is 2.29. The number of hydrogen-bond acceptors (Lipinski definition) is 2.